The molecule has 0 aromatic heterocycles. The van der Waals surface area contributed by atoms with E-state index < -0.39 is 0 Å². The van der Waals surface area contributed by atoms with Crippen LogP contribution in [0.5, 0.6) is 11.5 Å². The molecule has 1 heterocycles. The van der Waals surface area contributed by atoms with E-state index in [9.17, 15) is 4.39 Å². The first-order valence-electron chi connectivity index (χ1n) is 9.37. The predicted octanol–water partition coefficient (Wildman–Crippen LogP) is 2.52. The maximum absolute atomic E-state index is 13.1. The second kappa shape index (κ2) is 9.30. The van der Waals surface area contributed by atoms with E-state index in [1.807, 2.05) is 30.3 Å². The van der Waals surface area contributed by atoms with Gasteiger partial charge in [0, 0.05) is 38.4 Å². The number of ether oxygens (including phenoxy) is 2. The van der Waals surface area contributed by atoms with Crippen molar-refractivity contribution >= 4 is 11.6 Å². The third-order valence-corrected chi connectivity index (χ3v) is 4.94. The second-order valence-corrected chi connectivity index (χ2v) is 6.62. The van der Waals surface area contributed by atoms with Gasteiger partial charge in [-0.1, -0.05) is 0 Å². The highest BCUT2D eigenvalue weighted by Crippen LogP contribution is 2.24. The first-order valence-corrected chi connectivity index (χ1v) is 9.37. The number of hydrogen-bond donors (Lipinski definition) is 1. The van der Waals surface area contributed by atoms with Crippen molar-refractivity contribution in [1.29, 1.82) is 0 Å². The Balaban J connectivity index is 1.53. The van der Waals surface area contributed by atoms with Crippen LogP contribution in [0.3, 0.4) is 0 Å². The maximum Gasteiger partial charge on any atom is 0.191 e. The molecule has 0 atom stereocenters. The molecule has 1 aliphatic heterocycles. The number of methoxy groups -OCH3 is 2. The third kappa shape index (κ3) is 4.85. The number of halogens is 1. The van der Waals surface area contributed by atoms with Crippen LogP contribution in [0, 0.1) is 5.82 Å². The van der Waals surface area contributed by atoms with Crippen LogP contribution in [-0.2, 0) is 6.42 Å². The fourth-order valence-corrected chi connectivity index (χ4v) is 3.31. The molecular weight excluding hydrogens is 359 g/mol. The standard InChI is InChI=1S/C21H27FN4O2/c1-27-19-7-8-20(28-2)16(15-19)9-10-24-21(23)26-13-11-25(12-14-26)18-5-3-17(22)4-6-18/h3-8,15H,9-14H2,1-2H3,(H2,23,24). The van der Waals surface area contributed by atoms with Crippen LogP contribution in [0.2, 0.25) is 0 Å². The van der Waals surface area contributed by atoms with Crippen molar-refractivity contribution in [3.05, 3.63) is 53.8 Å². The first-order chi connectivity index (χ1) is 13.6. The highest BCUT2D eigenvalue weighted by molar-refractivity contribution is 5.78. The zero-order chi connectivity index (χ0) is 19.9. The van der Waals surface area contributed by atoms with E-state index in [4.69, 9.17) is 15.2 Å². The van der Waals surface area contributed by atoms with Gasteiger partial charge < -0.3 is 25.0 Å². The number of nitrogens with zero attached hydrogens (tertiary/aromatic N) is 3. The number of guanidine groups is 1. The lowest BCUT2D eigenvalue weighted by molar-refractivity contribution is 0.380. The average Bonchev–Trinajstić information content (AvgIpc) is 2.74. The smallest absolute Gasteiger partial charge is 0.191 e. The van der Waals surface area contributed by atoms with Crippen LogP contribution in [-0.4, -0.2) is 57.8 Å². The highest BCUT2D eigenvalue weighted by Gasteiger charge is 2.18. The van der Waals surface area contributed by atoms with E-state index in [2.05, 4.69) is 14.8 Å². The van der Waals surface area contributed by atoms with E-state index in [1.165, 1.54) is 12.1 Å². The predicted molar refractivity (Wildman–Crippen MR) is 110 cm³/mol. The molecule has 3 rings (SSSR count). The summed E-state index contributed by atoms with van der Waals surface area (Å²) in [6.45, 7) is 3.80. The van der Waals surface area contributed by atoms with Gasteiger partial charge in [0.15, 0.2) is 5.96 Å². The van der Waals surface area contributed by atoms with Crippen molar-refractivity contribution < 1.29 is 13.9 Å². The Hall–Kier alpha value is -2.96. The van der Waals surface area contributed by atoms with Crippen LogP contribution < -0.4 is 20.1 Å². The molecule has 1 aliphatic rings. The number of piperazine rings is 1. The first kappa shape index (κ1) is 19.8. The molecule has 0 aliphatic carbocycles. The Morgan fingerprint density at radius 3 is 2.39 bits per heavy atom. The van der Waals surface area contributed by atoms with Gasteiger partial charge in [0.2, 0.25) is 0 Å². The van der Waals surface area contributed by atoms with Gasteiger partial charge in [-0.2, -0.15) is 0 Å². The molecule has 2 aromatic rings. The molecule has 0 spiro atoms. The van der Waals surface area contributed by atoms with Crippen molar-refractivity contribution in [3.63, 3.8) is 0 Å². The average molecular weight is 386 g/mol. The summed E-state index contributed by atoms with van der Waals surface area (Å²) >= 11 is 0. The number of rotatable bonds is 6. The van der Waals surface area contributed by atoms with Crippen LogP contribution in [0.25, 0.3) is 0 Å². The second-order valence-electron chi connectivity index (χ2n) is 6.62. The van der Waals surface area contributed by atoms with Gasteiger partial charge in [0.25, 0.3) is 0 Å². The molecule has 150 valence electrons. The molecule has 0 saturated carbocycles. The van der Waals surface area contributed by atoms with Gasteiger partial charge in [-0.05, 0) is 54.4 Å². The molecule has 0 amide bonds. The minimum Gasteiger partial charge on any atom is -0.497 e. The van der Waals surface area contributed by atoms with E-state index >= 15 is 0 Å². The molecule has 0 radical (unpaired) electrons. The molecule has 2 aromatic carbocycles. The molecule has 1 saturated heterocycles. The number of nitrogens with two attached hydrogens (primary N) is 1. The van der Waals surface area contributed by atoms with Crippen LogP contribution in [0.1, 0.15) is 5.56 Å². The van der Waals surface area contributed by atoms with E-state index in [-0.39, 0.29) is 5.82 Å². The summed E-state index contributed by atoms with van der Waals surface area (Å²) < 4.78 is 23.8. The van der Waals surface area contributed by atoms with Gasteiger partial charge in [-0.25, -0.2) is 4.39 Å². The number of aliphatic imine (C=N–C) groups is 1. The topological polar surface area (TPSA) is 63.3 Å². The monoisotopic (exact) mass is 386 g/mol. The molecule has 6 nitrogen and oxygen atoms in total. The number of hydrogen-bond acceptors (Lipinski definition) is 4. The maximum atomic E-state index is 13.1. The van der Waals surface area contributed by atoms with Gasteiger partial charge in [-0.15, -0.1) is 0 Å². The Kier molecular flexibility index (Phi) is 6.57. The van der Waals surface area contributed by atoms with Crippen LogP contribution >= 0.6 is 0 Å². The summed E-state index contributed by atoms with van der Waals surface area (Å²) in [7, 11) is 3.30. The zero-order valence-corrected chi connectivity index (χ0v) is 16.4. The minimum atomic E-state index is -0.216. The lowest BCUT2D eigenvalue weighted by atomic mass is 10.1. The Morgan fingerprint density at radius 1 is 1.04 bits per heavy atom. The van der Waals surface area contributed by atoms with Crippen molar-refractivity contribution in [2.24, 2.45) is 10.7 Å². The summed E-state index contributed by atoms with van der Waals surface area (Å²) in [5.41, 5.74) is 8.27. The van der Waals surface area contributed by atoms with Crippen molar-refractivity contribution in [2.45, 2.75) is 6.42 Å². The largest absolute Gasteiger partial charge is 0.497 e. The summed E-state index contributed by atoms with van der Waals surface area (Å²) in [6, 6.07) is 12.3. The third-order valence-electron chi connectivity index (χ3n) is 4.94. The summed E-state index contributed by atoms with van der Waals surface area (Å²) in [6.07, 6.45) is 0.719. The van der Waals surface area contributed by atoms with Gasteiger partial charge in [0.05, 0.1) is 14.2 Å². The molecule has 7 heteroatoms. The molecule has 1 fully saturated rings. The van der Waals surface area contributed by atoms with Gasteiger partial charge >= 0.3 is 0 Å². The normalized spacial score (nSPS) is 14.9. The Morgan fingerprint density at radius 2 is 1.75 bits per heavy atom. The van der Waals surface area contributed by atoms with Gasteiger partial charge in [0.1, 0.15) is 17.3 Å². The summed E-state index contributed by atoms with van der Waals surface area (Å²) in [5, 5.41) is 0. The molecule has 28 heavy (non-hydrogen) atoms. The zero-order valence-electron chi connectivity index (χ0n) is 16.4. The quantitative estimate of drug-likeness (QED) is 0.611. The summed E-state index contributed by atoms with van der Waals surface area (Å²) in [4.78, 5) is 8.85. The number of benzene rings is 2. The highest BCUT2D eigenvalue weighted by atomic mass is 19.1. The molecule has 2 N–H and O–H groups in total. The van der Waals surface area contributed by atoms with E-state index in [1.54, 1.807) is 14.2 Å². The fourth-order valence-electron chi connectivity index (χ4n) is 3.31. The fraction of sp³-hybridized carbons (Fsp3) is 0.381. The van der Waals surface area contributed by atoms with Crippen molar-refractivity contribution in [1.82, 2.24) is 4.90 Å². The van der Waals surface area contributed by atoms with Crippen LogP contribution in [0.15, 0.2) is 47.5 Å². The molecule has 0 bridgehead atoms. The van der Waals surface area contributed by atoms with E-state index in [0.717, 1.165) is 55.3 Å². The van der Waals surface area contributed by atoms with Crippen molar-refractivity contribution in [3.8, 4) is 11.5 Å². The van der Waals surface area contributed by atoms with E-state index in [0.29, 0.717) is 12.5 Å². The lowest BCUT2D eigenvalue weighted by Crippen LogP contribution is -2.51. The van der Waals surface area contributed by atoms with Gasteiger partial charge in [-0.3, -0.25) is 4.99 Å². The molecular formula is C21H27FN4O2. The molecule has 0 unspecified atom stereocenters. The lowest BCUT2D eigenvalue weighted by Gasteiger charge is -2.36. The van der Waals surface area contributed by atoms with Crippen LogP contribution in [0.4, 0.5) is 10.1 Å². The van der Waals surface area contributed by atoms with Crippen molar-refractivity contribution in [2.75, 3.05) is 51.8 Å². The Labute approximate surface area is 165 Å². The minimum absolute atomic E-state index is 0.216. The summed E-state index contributed by atoms with van der Waals surface area (Å²) in [5.74, 6) is 1.96. The SMILES string of the molecule is COc1ccc(OC)c(CCN=C(N)N2CCN(c3ccc(F)cc3)CC2)c1. The number of anilines is 1. The Bertz CT molecular complexity index is 803.